The lowest BCUT2D eigenvalue weighted by Crippen LogP contribution is -2.17. The van der Waals surface area contributed by atoms with E-state index in [4.69, 9.17) is 0 Å². The number of allylic oxidation sites excluding steroid dienone is 1. The van der Waals surface area contributed by atoms with Gasteiger partial charge in [0.2, 0.25) is 0 Å². The molecule has 0 fully saturated rings. The van der Waals surface area contributed by atoms with E-state index in [1.165, 1.54) is 13.2 Å². The van der Waals surface area contributed by atoms with Crippen LogP contribution in [0.2, 0.25) is 0 Å². The van der Waals surface area contributed by atoms with Crippen molar-refractivity contribution in [2.45, 2.75) is 26.2 Å². The Balaban J connectivity index is 2.34. The lowest BCUT2D eigenvalue weighted by atomic mass is 10.0. The van der Waals surface area contributed by atoms with Gasteiger partial charge in [-0.3, -0.25) is 14.4 Å². The second-order valence-corrected chi connectivity index (χ2v) is 4.88. The number of ether oxygens (including phenoxy) is 1. The summed E-state index contributed by atoms with van der Waals surface area (Å²) in [5, 5.41) is 0. The zero-order valence-corrected chi connectivity index (χ0v) is 12.4. The second-order valence-electron chi connectivity index (χ2n) is 4.88. The van der Waals surface area contributed by atoms with Crippen LogP contribution in [0.4, 0.5) is 0 Å². The van der Waals surface area contributed by atoms with E-state index in [-0.39, 0.29) is 30.8 Å². The van der Waals surface area contributed by atoms with Crippen LogP contribution in [0.5, 0.6) is 0 Å². The Bertz CT molecular complexity index is 517. The molecule has 0 saturated heterocycles. The topological polar surface area (TPSA) is 60.4 Å². The number of ketones is 2. The molecule has 0 heterocycles. The summed E-state index contributed by atoms with van der Waals surface area (Å²) in [4.78, 5) is 34.5. The van der Waals surface area contributed by atoms with Gasteiger partial charge in [0.25, 0.3) is 0 Å². The fourth-order valence-electron chi connectivity index (χ4n) is 1.83. The zero-order valence-electron chi connectivity index (χ0n) is 12.4. The number of hydrogen-bond donors (Lipinski definition) is 0. The number of benzene rings is 1. The summed E-state index contributed by atoms with van der Waals surface area (Å²) in [6, 6.07) is 9.48. The minimum absolute atomic E-state index is 0.0991. The molecule has 0 aliphatic heterocycles. The van der Waals surface area contributed by atoms with Crippen molar-refractivity contribution < 1.29 is 19.1 Å². The summed E-state index contributed by atoms with van der Waals surface area (Å²) in [6.45, 7) is 1.64. The number of esters is 1. The van der Waals surface area contributed by atoms with Gasteiger partial charge >= 0.3 is 5.97 Å². The summed E-state index contributed by atoms with van der Waals surface area (Å²) < 4.78 is 4.56. The molecule has 0 N–H and O–H groups in total. The van der Waals surface area contributed by atoms with Gasteiger partial charge in [0.1, 0.15) is 5.78 Å². The van der Waals surface area contributed by atoms with Crippen LogP contribution in [0.15, 0.2) is 36.4 Å². The fraction of sp³-hybridized carbons (Fsp3) is 0.353. The van der Waals surface area contributed by atoms with Crippen LogP contribution < -0.4 is 0 Å². The van der Waals surface area contributed by atoms with Gasteiger partial charge < -0.3 is 4.74 Å². The molecule has 0 aromatic heterocycles. The Hall–Kier alpha value is -2.23. The van der Waals surface area contributed by atoms with Crippen LogP contribution in [0.3, 0.4) is 0 Å². The second kappa shape index (κ2) is 8.84. The predicted octanol–water partition coefficient (Wildman–Crippen LogP) is 2.82. The first-order valence-electron chi connectivity index (χ1n) is 6.88. The van der Waals surface area contributed by atoms with Gasteiger partial charge in [-0.2, -0.15) is 0 Å². The van der Waals surface area contributed by atoms with Crippen molar-refractivity contribution in [3.63, 3.8) is 0 Å². The number of carbonyl (C=O) groups is 3. The monoisotopic (exact) mass is 288 g/mol. The molecular weight excluding hydrogens is 268 g/mol. The van der Waals surface area contributed by atoms with E-state index in [0.717, 1.165) is 5.56 Å². The van der Waals surface area contributed by atoms with Crippen molar-refractivity contribution in [2.24, 2.45) is 5.92 Å². The molecule has 0 unspecified atom stereocenters. The third kappa shape index (κ3) is 6.65. The van der Waals surface area contributed by atoms with E-state index < -0.39 is 11.9 Å². The maximum absolute atomic E-state index is 11.7. The summed E-state index contributed by atoms with van der Waals surface area (Å²) in [6.07, 6.45) is 3.63. The zero-order chi connectivity index (χ0) is 15.7. The van der Waals surface area contributed by atoms with Crippen molar-refractivity contribution in [1.82, 2.24) is 0 Å². The molecule has 21 heavy (non-hydrogen) atoms. The van der Waals surface area contributed by atoms with Crippen LogP contribution in [-0.2, 0) is 19.1 Å². The first kappa shape index (κ1) is 16.8. The molecule has 112 valence electrons. The van der Waals surface area contributed by atoms with Gasteiger partial charge in [0, 0.05) is 19.3 Å². The molecule has 0 amide bonds. The van der Waals surface area contributed by atoms with E-state index >= 15 is 0 Å². The fourth-order valence-corrected chi connectivity index (χ4v) is 1.83. The molecular formula is C17H20O4. The quantitative estimate of drug-likeness (QED) is 0.545. The maximum Gasteiger partial charge on any atom is 0.308 e. The third-order valence-corrected chi connectivity index (χ3v) is 3.05. The van der Waals surface area contributed by atoms with Crippen LogP contribution in [0, 0.1) is 5.92 Å². The summed E-state index contributed by atoms with van der Waals surface area (Å²) in [7, 11) is 1.29. The molecule has 4 heteroatoms. The molecule has 0 radical (unpaired) electrons. The number of hydrogen-bond acceptors (Lipinski definition) is 4. The molecule has 1 aromatic carbocycles. The molecule has 1 atom stereocenters. The van der Waals surface area contributed by atoms with Gasteiger partial charge in [-0.15, -0.1) is 0 Å². The summed E-state index contributed by atoms with van der Waals surface area (Å²) in [5.41, 5.74) is 0.941. The minimum atomic E-state index is -0.461. The number of rotatable bonds is 8. The minimum Gasteiger partial charge on any atom is -0.469 e. The molecule has 0 aliphatic carbocycles. The molecule has 0 aliphatic rings. The average Bonchev–Trinajstić information content (AvgIpc) is 2.51. The highest BCUT2D eigenvalue weighted by Gasteiger charge is 2.17. The highest BCUT2D eigenvalue weighted by Crippen LogP contribution is 2.09. The molecule has 0 saturated carbocycles. The lowest BCUT2D eigenvalue weighted by molar-refractivity contribution is -0.146. The predicted molar refractivity (Wildman–Crippen MR) is 80.5 cm³/mol. The Morgan fingerprint density at radius 2 is 1.81 bits per heavy atom. The molecule has 0 spiro atoms. The summed E-state index contributed by atoms with van der Waals surface area (Å²) in [5.74, 6) is -1.07. The molecule has 1 rings (SSSR count). The average molecular weight is 288 g/mol. The number of Topliss-reactive ketones (excluding diaryl/α,β-unsaturated/α-hetero) is 1. The van der Waals surface area contributed by atoms with Crippen molar-refractivity contribution in [3.8, 4) is 0 Å². The van der Waals surface area contributed by atoms with Gasteiger partial charge in [-0.25, -0.2) is 0 Å². The maximum atomic E-state index is 11.7. The van der Waals surface area contributed by atoms with Gasteiger partial charge in [0.05, 0.1) is 13.0 Å². The normalized spacial score (nSPS) is 12.1. The molecule has 0 bridgehead atoms. The Labute approximate surface area is 124 Å². The van der Waals surface area contributed by atoms with E-state index in [1.54, 1.807) is 13.0 Å². The largest absolute Gasteiger partial charge is 0.469 e. The van der Waals surface area contributed by atoms with Crippen molar-refractivity contribution in [2.75, 3.05) is 7.11 Å². The SMILES string of the molecule is COC(=O)[C@H](C)CC(=O)CCC(=O)/C=C/c1ccccc1. The first-order chi connectivity index (χ1) is 10.0. The Morgan fingerprint density at radius 3 is 2.43 bits per heavy atom. The van der Waals surface area contributed by atoms with Crippen molar-refractivity contribution in [3.05, 3.63) is 42.0 Å². The van der Waals surface area contributed by atoms with Gasteiger partial charge in [0.15, 0.2) is 5.78 Å². The first-order valence-corrected chi connectivity index (χ1v) is 6.88. The van der Waals surface area contributed by atoms with Gasteiger partial charge in [-0.1, -0.05) is 43.3 Å². The number of carbonyl (C=O) groups excluding carboxylic acids is 3. The van der Waals surface area contributed by atoms with E-state index in [9.17, 15) is 14.4 Å². The number of methoxy groups -OCH3 is 1. The smallest absolute Gasteiger partial charge is 0.308 e. The Kier molecular flexibility index (Phi) is 7.09. The Morgan fingerprint density at radius 1 is 1.14 bits per heavy atom. The van der Waals surface area contributed by atoms with Crippen molar-refractivity contribution >= 4 is 23.6 Å². The van der Waals surface area contributed by atoms with Crippen LogP contribution in [0.25, 0.3) is 6.08 Å². The van der Waals surface area contributed by atoms with E-state index in [0.29, 0.717) is 0 Å². The summed E-state index contributed by atoms with van der Waals surface area (Å²) >= 11 is 0. The van der Waals surface area contributed by atoms with Crippen LogP contribution in [0.1, 0.15) is 31.7 Å². The van der Waals surface area contributed by atoms with Gasteiger partial charge in [-0.05, 0) is 11.6 Å². The standard InChI is InChI=1S/C17H20O4/c1-13(17(20)21-2)12-16(19)11-10-15(18)9-8-14-6-4-3-5-7-14/h3-9,13H,10-12H2,1-2H3/b9-8+/t13-/m1/s1. The van der Waals surface area contributed by atoms with Crippen LogP contribution >= 0.6 is 0 Å². The van der Waals surface area contributed by atoms with Crippen LogP contribution in [-0.4, -0.2) is 24.6 Å². The highest BCUT2D eigenvalue weighted by molar-refractivity contribution is 5.96. The van der Waals surface area contributed by atoms with E-state index in [1.807, 2.05) is 30.3 Å². The lowest BCUT2D eigenvalue weighted by Gasteiger charge is -2.07. The third-order valence-electron chi connectivity index (χ3n) is 3.05. The molecule has 1 aromatic rings. The molecule has 4 nitrogen and oxygen atoms in total. The van der Waals surface area contributed by atoms with E-state index in [2.05, 4.69) is 4.74 Å². The highest BCUT2D eigenvalue weighted by atomic mass is 16.5. The van der Waals surface area contributed by atoms with Crippen molar-refractivity contribution in [1.29, 1.82) is 0 Å².